The van der Waals surface area contributed by atoms with Crippen LogP contribution in [0.1, 0.15) is 29.6 Å². The highest BCUT2D eigenvalue weighted by Crippen LogP contribution is 2.27. The van der Waals surface area contributed by atoms with Gasteiger partial charge in [0.1, 0.15) is 11.6 Å². The van der Waals surface area contributed by atoms with E-state index in [0.29, 0.717) is 18.9 Å². The summed E-state index contributed by atoms with van der Waals surface area (Å²) in [6.45, 7) is 0. The Labute approximate surface area is 120 Å². The summed E-state index contributed by atoms with van der Waals surface area (Å²) < 4.78 is 31.6. The molecule has 2 rings (SSSR count). The molecule has 1 aliphatic carbocycles. The van der Waals surface area contributed by atoms with Gasteiger partial charge in [-0.2, -0.15) is 0 Å². The van der Waals surface area contributed by atoms with Gasteiger partial charge >= 0.3 is 5.97 Å². The second-order valence-corrected chi connectivity index (χ2v) is 5.06. The second-order valence-electron chi connectivity index (χ2n) is 5.06. The Morgan fingerprint density at radius 3 is 2.57 bits per heavy atom. The van der Waals surface area contributed by atoms with Crippen LogP contribution in [-0.2, 0) is 9.53 Å². The van der Waals surface area contributed by atoms with Gasteiger partial charge in [0.15, 0.2) is 0 Å². The van der Waals surface area contributed by atoms with E-state index in [1.165, 1.54) is 0 Å². The maximum Gasteiger partial charge on any atom is 0.340 e. The molecule has 2 unspecified atom stereocenters. The fraction of sp³-hybridized carbons (Fsp3) is 0.429. The number of methoxy groups -OCH3 is 1. The number of ether oxygens (including phenoxy) is 1. The number of halogens is 2. The molecule has 1 fully saturated rings. The van der Waals surface area contributed by atoms with Gasteiger partial charge in [-0.15, -0.1) is 0 Å². The lowest BCUT2D eigenvalue weighted by atomic mass is 10.1. The summed E-state index contributed by atoms with van der Waals surface area (Å²) in [5.74, 6) is -3.61. The third-order valence-corrected chi connectivity index (χ3v) is 3.56. The van der Waals surface area contributed by atoms with Crippen molar-refractivity contribution in [3.8, 4) is 0 Å². The van der Waals surface area contributed by atoms with Crippen LogP contribution in [0.3, 0.4) is 0 Å². The molecular formula is C14H16F2N2O3. The van der Waals surface area contributed by atoms with Gasteiger partial charge in [0.25, 0.3) is 0 Å². The van der Waals surface area contributed by atoms with Gasteiger partial charge in [-0.05, 0) is 25.3 Å². The highest BCUT2D eigenvalue weighted by Gasteiger charge is 2.28. The van der Waals surface area contributed by atoms with E-state index < -0.39 is 23.2 Å². The van der Waals surface area contributed by atoms with Crippen molar-refractivity contribution in [3.63, 3.8) is 0 Å². The van der Waals surface area contributed by atoms with Crippen LogP contribution >= 0.6 is 0 Å². The monoisotopic (exact) mass is 298 g/mol. The molecule has 0 aliphatic heterocycles. The summed E-state index contributed by atoms with van der Waals surface area (Å²) >= 11 is 0. The summed E-state index contributed by atoms with van der Waals surface area (Å²) in [6.07, 6.45) is 1.88. The number of carbonyl (C=O) groups excluding carboxylic acids is 2. The van der Waals surface area contributed by atoms with Crippen LogP contribution in [0, 0.1) is 17.6 Å². The van der Waals surface area contributed by atoms with E-state index in [9.17, 15) is 18.4 Å². The van der Waals surface area contributed by atoms with Crippen molar-refractivity contribution in [1.29, 1.82) is 0 Å². The van der Waals surface area contributed by atoms with Crippen molar-refractivity contribution < 1.29 is 23.1 Å². The number of carbonyl (C=O) groups is 2. The molecule has 0 heterocycles. The molecule has 0 radical (unpaired) electrons. The van der Waals surface area contributed by atoms with Crippen LogP contribution in [0.2, 0.25) is 0 Å². The quantitative estimate of drug-likeness (QED) is 0.834. The maximum absolute atomic E-state index is 13.7. The molecule has 1 aromatic carbocycles. The first-order valence-electron chi connectivity index (χ1n) is 6.56. The summed E-state index contributed by atoms with van der Waals surface area (Å²) in [5, 5.41) is 2.38. The first-order chi connectivity index (χ1) is 9.92. The number of hydrogen-bond acceptors (Lipinski definition) is 4. The van der Waals surface area contributed by atoms with Gasteiger partial charge < -0.3 is 15.8 Å². The first-order valence-corrected chi connectivity index (χ1v) is 6.56. The number of anilines is 1. The van der Waals surface area contributed by atoms with Gasteiger partial charge in [-0.25, -0.2) is 13.6 Å². The zero-order valence-electron chi connectivity index (χ0n) is 11.5. The maximum atomic E-state index is 13.7. The predicted molar refractivity (Wildman–Crippen MR) is 71.6 cm³/mol. The topological polar surface area (TPSA) is 81.4 Å². The van der Waals surface area contributed by atoms with E-state index >= 15 is 0 Å². The second kappa shape index (κ2) is 6.17. The molecule has 1 aromatic rings. The Bertz CT molecular complexity index is 578. The highest BCUT2D eigenvalue weighted by molar-refractivity contribution is 5.95. The Hall–Kier alpha value is -2.02. The molecule has 5 nitrogen and oxygen atoms in total. The average molecular weight is 298 g/mol. The minimum absolute atomic E-state index is 0.0376. The molecule has 7 heteroatoms. The molecule has 0 bridgehead atoms. The zero-order chi connectivity index (χ0) is 15.6. The van der Waals surface area contributed by atoms with Gasteiger partial charge in [0.05, 0.1) is 18.4 Å². The molecule has 0 aromatic heterocycles. The fourth-order valence-electron chi connectivity index (χ4n) is 2.40. The van der Waals surface area contributed by atoms with Crippen molar-refractivity contribution in [2.45, 2.75) is 25.3 Å². The Kier molecular flexibility index (Phi) is 4.52. The Morgan fingerprint density at radius 1 is 1.29 bits per heavy atom. The average Bonchev–Trinajstić information content (AvgIpc) is 2.87. The van der Waals surface area contributed by atoms with Gasteiger partial charge in [0.2, 0.25) is 5.91 Å². The summed E-state index contributed by atoms with van der Waals surface area (Å²) in [4.78, 5) is 23.4. The van der Waals surface area contributed by atoms with E-state index in [1.54, 1.807) is 0 Å². The lowest BCUT2D eigenvalue weighted by Gasteiger charge is -2.12. The van der Waals surface area contributed by atoms with Crippen LogP contribution in [0.15, 0.2) is 12.1 Å². The van der Waals surface area contributed by atoms with Crippen molar-refractivity contribution in [2.75, 3.05) is 12.4 Å². The van der Waals surface area contributed by atoms with E-state index in [2.05, 4.69) is 10.1 Å². The van der Waals surface area contributed by atoms with E-state index in [4.69, 9.17) is 5.73 Å². The summed E-state index contributed by atoms with van der Waals surface area (Å²) in [5.41, 5.74) is 5.04. The first kappa shape index (κ1) is 15.4. The lowest BCUT2D eigenvalue weighted by molar-refractivity contribution is -0.119. The van der Waals surface area contributed by atoms with Crippen molar-refractivity contribution >= 4 is 17.6 Å². The molecular weight excluding hydrogens is 282 g/mol. The van der Waals surface area contributed by atoms with Crippen LogP contribution in [0.5, 0.6) is 0 Å². The van der Waals surface area contributed by atoms with Gasteiger partial charge in [0, 0.05) is 18.0 Å². The van der Waals surface area contributed by atoms with Crippen molar-refractivity contribution in [2.24, 2.45) is 11.7 Å². The number of hydrogen-bond donors (Lipinski definition) is 2. The molecule has 1 saturated carbocycles. The smallest absolute Gasteiger partial charge is 0.340 e. The van der Waals surface area contributed by atoms with Crippen LogP contribution in [0.4, 0.5) is 14.5 Å². The van der Waals surface area contributed by atoms with Crippen LogP contribution in [0.25, 0.3) is 0 Å². The van der Waals surface area contributed by atoms with Crippen molar-refractivity contribution in [1.82, 2.24) is 0 Å². The molecule has 114 valence electrons. The standard InChI is InChI=1S/C14H16F2N2O3/c1-21-14(20)9-5-12(11(16)6-10(9)15)18-13(19)7-2-3-8(17)4-7/h5-8H,2-4,17H2,1H3,(H,18,19). The number of esters is 1. The minimum Gasteiger partial charge on any atom is -0.465 e. The number of amides is 1. The predicted octanol–water partition coefficient (Wildman–Crippen LogP) is 1.82. The number of nitrogens with two attached hydrogens (primary N) is 1. The summed E-state index contributed by atoms with van der Waals surface area (Å²) in [6, 6.07) is 1.44. The Balaban J connectivity index is 2.19. The Morgan fingerprint density at radius 2 is 2.00 bits per heavy atom. The van der Waals surface area contributed by atoms with E-state index in [-0.39, 0.29) is 23.6 Å². The number of benzene rings is 1. The minimum atomic E-state index is -1.04. The third-order valence-electron chi connectivity index (χ3n) is 3.56. The van der Waals surface area contributed by atoms with Crippen LogP contribution < -0.4 is 11.1 Å². The molecule has 0 saturated heterocycles. The lowest BCUT2D eigenvalue weighted by Crippen LogP contribution is -2.24. The molecule has 3 N–H and O–H groups in total. The molecule has 1 amide bonds. The van der Waals surface area contributed by atoms with Crippen LogP contribution in [-0.4, -0.2) is 25.0 Å². The largest absolute Gasteiger partial charge is 0.465 e. The number of rotatable bonds is 3. The van der Waals surface area contributed by atoms with Crippen molar-refractivity contribution in [3.05, 3.63) is 29.3 Å². The molecule has 21 heavy (non-hydrogen) atoms. The SMILES string of the molecule is COC(=O)c1cc(NC(=O)C2CCC(N)C2)c(F)cc1F. The van der Waals surface area contributed by atoms with Gasteiger partial charge in [-0.3, -0.25) is 4.79 Å². The molecule has 0 spiro atoms. The summed E-state index contributed by atoms with van der Waals surface area (Å²) in [7, 11) is 1.09. The van der Waals surface area contributed by atoms with E-state index in [1.807, 2.05) is 0 Å². The van der Waals surface area contributed by atoms with Gasteiger partial charge in [-0.1, -0.05) is 0 Å². The molecule has 2 atom stereocenters. The highest BCUT2D eigenvalue weighted by atomic mass is 19.1. The zero-order valence-corrected chi connectivity index (χ0v) is 11.5. The molecule has 1 aliphatic rings. The van der Waals surface area contributed by atoms with E-state index in [0.717, 1.165) is 19.6 Å². The number of nitrogens with one attached hydrogen (secondary N) is 1. The normalized spacial score (nSPS) is 21.1. The third kappa shape index (κ3) is 3.36. The fourth-order valence-corrected chi connectivity index (χ4v) is 2.40.